The van der Waals surface area contributed by atoms with Crippen molar-refractivity contribution in [3.63, 3.8) is 0 Å². The van der Waals surface area contributed by atoms with Crippen molar-refractivity contribution in [1.82, 2.24) is 15.3 Å². The smallest absolute Gasteiger partial charge is 0.259 e. The molecule has 1 aliphatic rings. The van der Waals surface area contributed by atoms with Crippen LogP contribution in [0, 0.1) is 5.92 Å². The minimum Gasteiger partial charge on any atom is -0.493 e. The fourth-order valence-electron chi connectivity index (χ4n) is 4.14. The minimum absolute atomic E-state index is 0.00408. The highest BCUT2D eigenvalue weighted by Gasteiger charge is 2.23. The van der Waals surface area contributed by atoms with Crippen LogP contribution in [0.4, 0.5) is 0 Å². The molecule has 0 saturated carbocycles. The average molecular weight is 428 g/mol. The van der Waals surface area contributed by atoms with Crippen molar-refractivity contribution in [2.45, 2.75) is 45.6 Å². The van der Waals surface area contributed by atoms with Gasteiger partial charge in [0.2, 0.25) is 0 Å². The Bertz CT molecular complexity index is 1110. The quantitative estimate of drug-likeness (QED) is 0.596. The van der Waals surface area contributed by atoms with Crippen molar-refractivity contribution in [2.24, 2.45) is 5.92 Å². The van der Waals surface area contributed by atoms with E-state index in [9.17, 15) is 4.79 Å². The Morgan fingerprint density at radius 2 is 2.10 bits per heavy atom. The van der Waals surface area contributed by atoms with E-state index in [1.807, 2.05) is 25.1 Å². The minimum atomic E-state index is -0.0414. The van der Waals surface area contributed by atoms with Crippen LogP contribution in [0.15, 0.2) is 23.0 Å². The van der Waals surface area contributed by atoms with Crippen LogP contribution >= 0.6 is 11.3 Å². The van der Waals surface area contributed by atoms with Gasteiger partial charge in [-0.3, -0.25) is 4.79 Å². The van der Waals surface area contributed by atoms with Crippen molar-refractivity contribution in [3.8, 4) is 11.5 Å². The van der Waals surface area contributed by atoms with Crippen LogP contribution in [-0.2, 0) is 19.3 Å². The molecule has 1 aliphatic carbocycles. The van der Waals surface area contributed by atoms with Gasteiger partial charge in [-0.05, 0) is 68.3 Å². The lowest BCUT2D eigenvalue weighted by Crippen LogP contribution is -2.25. The molecule has 1 aromatic carbocycles. The zero-order chi connectivity index (χ0) is 21.3. The highest BCUT2D eigenvalue weighted by atomic mass is 32.1. The zero-order valence-corrected chi connectivity index (χ0v) is 18.8. The average Bonchev–Trinajstić information content (AvgIpc) is 3.11. The van der Waals surface area contributed by atoms with E-state index in [1.54, 1.807) is 25.6 Å². The predicted molar refractivity (Wildman–Crippen MR) is 121 cm³/mol. The SMILES string of the molecule is COc1ccc(CCN[C@@H](C)c2nc3sc4c(c3c(=O)[nH]2)CC[C@H](C)C4)cc1OC. The molecule has 4 rings (SSSR count). The molecule has 0 radical (unpaired) electrons. The Morgan fingerprint density at radius 1 is 1.30 bits per heavy atom. The lowest BCUT2D eigenvalue weighted by atomic mass is 9.89. The Kier molecular flexibility index (Phi) is 6.11. The Labute approximate surface area is 180 Å². The summed E-state index contributed by atoms with van der Waals surface area (Å²) in [6.07, 6.45) is 4.03. The number of ether oxygens (including phenoxy) is 2. The van der Waals surface area contributed by atoms with Crippen LogP contribution in [0.25, 0.3) is 10.2 Å². The fourth-order valence-corrected chi connectivity index (χ4v) is 5.53. The van der Waals surface area contributed by atoms with Gasteiger partial charge in [0.1, 0.15) is 10.7 Å². The lowest BCUT2D eigenvalue weighted by Gasteiger charge is -2.17. The Morgan fingerprint density at radius 3 is 2.87 bits per heavy atom. The molecule has 0 unspecified atom stereocenters. The van der Waals surface area contributed by atoms with E-state index < -0.39 is 0 Å². The van der Waals surface area contributed by atoms with E-state index in [-0.39, 0.29) is 11.6 Å². The second-order valence-corrected chi connectivity index (χ2v) is 9.18. The summed E-state index contributed by atoms with van der Waals surface area (Å²) < 4.78 is 10.7. The molecule has 0 spiro atoms. The number of hydrogen-bond acceptors (Lipinski definition) is 6. The molecule has 160 valence electrons. The first-order valence-electron chi connectivity index (χ1n) is 10.5. The molecule has 0 bridgehead atoms. The first-order chi connectivity index (χ1) is 14.5. The van der Waals surface area contributed by atoms with E-state index >= 15 is 0 Å². The topological polar surface area (TPSA) is 76.2 Å². The molecule has 30 heavy (non-hydrogen) atoms. The molecular weight excluding hydrogens is 398 g/mol. The summed E-state index contributed by atoms with van der Waals surface area (Å²) in [6.45, 7) is 5.08. The van der Waals surface area contributed by atoms with Crippen LogP contribution in [0.2, 0.25) is 0 Å². The van der Waals surface area contributed by atoms with Crippen LogP contribution in [0.1, 0.15) is 48.1 Å². The van der Waals surface area contributed by atoms with Crippen LogP contribution in [-0.4, -0.2) is 30.7 Å². The van der Waals surface area contributed by atoms with E-state index in [2.05, 4.69) is 17.2 Å². The van der Waals surface area contributed by atoms with E-state index in [0.717, 1.165) is 59.5 Å². The van der Waals surface area contributed by atoms with Gasteiger partial charge in [-0.25, -0.2) is 4.98 Å². The maximum atomic E-state index is 12.8. The third-order valence-corrected chi connectivity index (χ3v) is 7.05. The van der Waals surface area contributed by atoms with Gasteiger partial charge < -0.3 is 19.8 Å². The third-order valence-electron chi connectivity index (χ3n) is 5.91. The summed E-state index contributed by atoms with van der Waals surface area (Å²) in [6, 6.07) is 5.91. The van der Waals surface area contributed by atoms with Gasteiger partial charge in [-0.1, -0.05) is 13.0 Å². The molecule has 7 heteroatoms. The number of benzene rings is 1. The summed E-state index contributed by atoms with van der Waals surface area (Å²) >= 11 is 1.69. The standard InChI is InChI=1S/C23H29N3O3S/c1-13-5-7-16-19(11-13)30-23-20(16)22(27)25-21(26-23)14(2)24-10-9-15-6-8-17(28-3)18(12-15)29-4/h6,8,12-14,24H,5,7,9-11H2,1-4H3,(H,25,26,27)/t13-,14-/m0/s1. The second-order valence-electron chi connectivity index (χ2n) is 8.10. The lowest BCUT2D eigenvalue weighted by molar-refractivity contribution is 0.354. The summed E-state index contributed by atoms with van der Waals surface area (Å²) in [5.74, 6) is 2.84. The van der Waals surface area contributed by atoms with Crippen LogP contribution < -0.4 is 20.3 Å². The van der Waals surface area contributed by atoms with Gasteiger partial charge in [0.15, 0.2) is 11.5 Å². The van der Waals surface area contributed by atoms with Crippen molar-refractivity contribution in [1.29, 1.82) is 0 Å². The number of aromatic nitrogens is 2. The molecule has 2 atom stereocenters. The van der Waals surface area contributed by atoms with Gasteiger partial charge in [-0.2, -0.15) is 0 Å². The molecule has 2 aromatic heterocycles. The highest BCUT2D eigenvalue weighted by Crippen LogP contribution is 2.35. The number of H-pyrrole nitrogens is 1. The number of aromatic amines is 1. The summed E-state index contributed by atoms with van der Waals surface area (Å²) in [5.41, 5.74) is 2.38. The molecule has 2 heterocycles. The number of nitrogens with zero attached hydrogens (tertiary/aromatic N) is 1. The molecule has 0 saturated heterocycles. The third kappa shape index (κ3) is 4.09. The summed E-state index contributed by atoms with van der Waals surface area (Å²) in [7, 11) is 3.28. The van der Waals surface area contributed by atoms with Crippen molar-refractivity contribution in [2.75, 3.05) is 20.8 Å². The van der Waals surface area contributed by atoms with Crippen LogP contribution in [0.3, 0.4) is 0 Å². The summed E-state index contributed by atoms with van der Waals surface area (Å²) in [4.78, 5) is 22.8. The van der Waals surface area contributed by atoms with E-state index in [0.29, 0.717) is 11.7 Å². The van der Waals surface area contributed by atoms with Gasteiger partial charge in [-0.15, -0.1) is 11.3 Å². The molecule has 3 aromatic rings. The number of aryl methyl sites for hydroxylation is 1. The van der Waals surface area contributed by atoms with Gasteiger partial charge in [0.25, 0.3) is 5.56 Å². The number of thiophene rings is 1. The second kappa shape index (κ2) is 8.78. The molecule has 0 aliphatic heterocycles. The first kappa shape index (κ1) is 20.9. The van der Waals surface area contributed by atoms with Crippen molar-refractivity contribution in [3.05, 3.63) is 50.4 Å². The monoisotopic (exact) mass is 427 g/mol. The Balaban J connectivity index is 1.46. The molecule has 2 N–H and O–H groups in total. The number of methoxy groups -OCH3 is 2. The number of rotatable bonds is 7. The summed E-state index contributed by atoms with van der Waals surface area (Å²) in [5, 5.41) is 4.28. The van der Waals surface area contributed by atoms with Gasteiger partial charge >= 0.3 is 0 Å². The maximum absolute atomic E-state index is 12.8. The maximum Gasteiger partial charge on any atom is 0.259 e. The molecular formula is C23H29N3O3S. The number of fused-ring (bicyclic) bond motifs is 3. The van der Waals surface area contributed by atoms with Gasteiger partial charge in [0.05, 0.1) is 25.6 Å². The van der Waals surface area contributed by atoms with Gasteiger partial charge in [0, 0.05) is 4.88 Å². The highest BCUT2D eigenvalue weighted by molar-refractivity contribution is 7.18. The Hall–Kier alpha value is -2.38. The van der Waals surface area contributed by atoms with E-state index in [4.69, 9.17) is 14.5 Å². The van der Waals surface area contributed by atoms with E-state index in [1.165, 1.54) is 10.4 Å². The molecule has 0 amide bonds. The zero-order valence-electron chi connectivity index (χ0n) is 18.0. The van der Waals surface area contributed by atoms with Crippen molar-refractivity contribution >= 4 is 21.6 Å². The number of hydrogen-bond donors (Lipinski definition) is 2. The normalized spacial score (nSPS) is 17.0. The van der Waals surface area contributed by atoms with Crippen LogP contribution in [0.5, 0.6) is 11.5 Å². The number of nitrogens with one attached hydrogen (secondary N) is 2. The first-order valence-corrected chi connectivity index (χ1v) is 11.3. The largest absolute Gasteiger partial charge is 0.493 e. The predicted octanol–water partition coefficient (Wildman–Crippen LogP) is 4.02. The van der Waals surface area contributed by atoms with Crippen molar-refractivity contribution < 1.29 is 9.47 Å². The molecule has 0 fully saturated rings. The molecule has 6 nitrogen and oxygen atoms in total. The fraction of sp³-hybridized carbons (Fsp3) is 0.478.